The van der Waals surface area contributed by atoms with Crippen LogP contribution >= 0.6 is 0 Å². The molecule has 138 valence electrons. The molecule has 2 N–H and O–H groups in total. The minimum atomic E-state index is -0.618. The van der Waals surface area contributed by atoms with Gasteiger partial charge in [-0.25, -0.2) is 0 Å². The van der Waals surface area contributed by atoms with E-state index in [4.69, 9.17) is 0 Å². The van der Waals surface area contributed by atoms with Crippen molar-refractivity contribution in [2.75, 3.05) is 13.6 Å². The van der Waals surface area contributed by atoms with Crippen LogP contribution in [0.25, 0.3) is 0 Å². The van der Waals surface area contributed by atoms with Gasteiger partial charge in [-0.15, -0.1) is 0 Å². The van der Waals surface area contributed by atoms with Crippen LogP contribution in [0.1, 0.15) is 30.0 Å². The molecule has 1 aliphatic rings. The summed E-state index contributed by atoms with van der Waals surface area (Å²) in [5.41, 5.74) is 3.04. The highest BCUT2D eigenvalue weighted by Crippen LogP contribution is 2.35. The molecule has 3 rings (SSSR count). The minimum absolute atomic E-state index is 0.000342. The Labute approximate surface area is 155 Å². The lowest BCUT2D eigenvalue weighted by Crippen LogP contribution is -2.58. The molecule has 0 radical (unpaired) electrons. The van der Waals surface area contributed by atoms with E-state index in [9.17, 15) is 9.90 Å². The lowest BCUT2D eigenvalue weighted by Gasteiger charge is -2.37. The molecule has 0 fully saturated rings. The van der Waals surface area contributed by atoms with Crippen molar-refractivity contribution in [3.05, 3.63) is 71.3 Å². The number of rotatable bonds is 7. The number of carbonyl (C=O) groups is 1. The van der Waals surface area contributed by atoms with Crippen molar-refractivity contribution >= 4 is 5.91 Å². The average molecular weight is 352 g/mol. The maximum atomic E-state index is 13.2. The smallest absolute Gasteiger partial charge is 0.241 e. The molecule has 26 heavy (non-hydrogen) atoms. The summed E-state index contributed by atoms with van der Waals surface area (Å²) in [5.74, 6) is -0.000342. The van der Waals surface area contributed by atoms with E-state index >= 15 is 0 Å². The maximum Gasteiger partial charge on any atom is 0.241 e. The molecule has 0 aliphatic heterocycles. The third-order valence-corrected chi connectivity index (χ3v) is 5.47. The molecule has 0 saturated carbocycles. The number of aliphatic hydroxyl groups is 1. The fraction of sp³-hybridized carbons (Fsp3) is 0.409. The van der Waals surface area contributed by atoms with Gasteiger partial charge >= 0.3 is 0 Å². The minimum Gasteiger partial charge on any atom is -0.391 e. The van der Waals surface area contributed by atoms with Crippen LogP contribution in [0.4, 0.5) is 0 Å². The molecule has 1 unspecified atom stereocenters. The van der Waals surface area contributed by atoms with E-state index in [1.54, 1.807) is 0 Å². The summed E-state index contributed by atoms with van der Waals surface area (Å²) in [5, 5.41) is 12.8. The van der Waals surface area contributed by atoms with Crippen LogP contribution in [0.5, 0.6) is 0 Å². The van der Waals surface area contributed by atoms with Crippen LogP contribution in [0.3, 0.4) is 0 Å². The van der Waals surface area contributed by atoms with Crippen LogP contribution in [0.15, 0.2) is 54.6 Å². The predicted octanol–water partition coefficient (Wildman–Crippen LogP) is 2.54. The number of aliphatic hydroxyl groups excluding tert-OH is 1. The zero-order chi connectivity index (χ0) is 18.6. The zero-order valence-corrected chi connectivity index (χ0v) is 15.6. The second-order valence-electron chi connectivity index (χ2n) is 7.27. The zero-order valence-electron chi connectivity index (χ0n) is 15.6. The Hall–Kier alpha value is -2.17. The summed E-state index contributed by atoms with van der Waals surface area (Å²) in [6, 6.07) is 18.5. The average Bonchev–Trinajstić information content (AvgIpc) is 3.07. The molecule has 1 amide bonds. The van der Waals surface area contributed by atoms with E-state index in [2.05, 4.69) is 34.5 Å². The molecule has 2 aromatic carbocycles. The van der Waals surface area contributed by atoms with E-state index < -0.39 is 11.6 Å². The van der Waals surface area contributed by atoms with Crippen molar-refractivity contribution in [2.45, 2.75) is 44.4 Å². The Morgan fingerprint density at radius 3 is 2.27 bits per heavy atom. The standard InChI is InChI=1S/C22H28N2O2/c1-3-20(25)15-23-21(26)22(13-18-11-7-8-12-19(18)14-22)24(2)16-17-9-5-4-6-10-17/h4-12,20,25H,3,13-16H2,1-2H3,(H,23,26). The first-order valence-corrected chi connectivity index (χ1v) is 9.33. The molecule has 4 nitrogen and oxygen atoms in total. The quantitative estimate of drug-likeness (QED) is 0.805. The summed E-state index contributed by atoms with van der Waals surface area (Å²) in [4.78, 5) is 15.4. The van der Waals surface area contributed by atoms with Crippen molar-refractivity contribution in [1.82, 2.24) is 10.2 Å². The molecular formula is C22H28N2O2. The summed E-state index contributed by atoms with van der Waals surface area (Å²) in [6.07, 6.45) is 1.52. The van der Waals surface area contributed by atoms with Crippen LogP contribution in [0, 0.1) is 0 Å². The summed E-state index contributed by atoms with van der Waals surface area (Å²) < 4.78 is 0. The van der Waals surface area contributed by atoms with Gasteiger partial charge in [-0.2, -0.15) is 0 Å². The molecule has 0 heterocycles. The van der Waals surface area contributed by atoms with E-state index in [1.807, 2.05) is 44.3 Å². The first-order chi connectivity index (χ1) is 12.5. The number of benzene rings is 2. The molecule has 0 saturated heterocycles. The van der Waals surface area contributed by atoms with Crippen LogP contribution in [-0.2, 0) is 24.2 Å². The molecule has 0 aromatic heterocycles. The van der Waals surface area contributed by atoms with Crippen LogP contribution < -0.4 is 5.32 Å². The third-order valence-electron chi connectivity index (χ3n) is 5.47. The number of hydrogen-bond acceptors (Lipinski definition) is 3. The van der Waals surface area contributed by atoms with E-state index in [1.165, 1.54) is 16.7 Å². The molecular weight excluding hydrogens is 324 g/mol. The van der Waals surface area contributed by atoms with Crippen LogP contribution in [0.2, 0.25) is 0 Å². The van der Waals surface area contributed by atoms with Crippen LogP contribution in [-0.4, -0.2) is 41.1 Å². The fourth-order valence-corrected chi connectivity index (χ4v) is 3.73. The van der Waals surface area contributed by atoms with Gasteiger partial charge in [-0.3, -0.25) is 9.69 Å². The predicted molar refractivity (Wildman–Crippen MR) is 104 cm³/mol. The Morgan fingerprint density at radius 1 is 1.12 bits per heavy atom. The van der Waals surface area contributed by atoms with Crippen molar-refractivity contribution < 1.29 is 9.90 Å². The largest absolute Gasteiger partial charge is 0.391 e. The number of amides is 1. The second kappa shape index (κ2) is 8.02. The van der Waals surface area contributed by atoms with Gasteiger partial charge in [0.15, 0.2) is 0 Å². The first-order valence-electron chi connectivity index (χ1n) is 9.33. The third kappa shape index (κ3) is 3.81. The highest BCUT2D eigenvalue weighted by molar-refractivity contribution is 5.88. The van der Waals surface area contributed by atoms with Gasteiger partial charge in [-0.05, 0) is 30.2 Å². The lowest BCUT2D eigenvalue weighted by molar-refractivity contribution is -0.133. The highest BCUT2D eigenvalue weighted by Gasteiger charge is 2.46. The topological polar surface area (TPSA) is 52.6 Å². The fourth-order valence-electron chi connectivity index (χ4n) is 3.73. The Balaban J connectivity index is 1.84. The van der Waals surface area contributed by atoms with Crippen molar-refractivity contribution in [1.29, 1.82) is 0 Å². The van der Waals surface area contributed by atoms with Gasteiger partial charge in [0.2, 0.25) is 5.91 Å². The molecule has 0 spiro atoms. The number of carbonyl (C=O) groups excluding carboxylic acids is 1. The van der Waals surface area contributed by atoms with Crippen molar-refractivity contribution in [3.8, 4) is 0 Å². The van der Waals surface area contributed by atoms with E-state index in [0.717, 1.165) is 0 Å². The van der Waals surface area contributed by atoms with E-state index in [0.29, 0.717) is 32.4 Å². The number of nitrogens with one attached hydrogen (secondary N) is 1. The Morgan fingerprint density at radius 2 is 1.69 bits per heavy atom. The molecule has 1 aliphatic carbocycles. The van der Waals surface area contributed by atoms with Gasteiger partial charge in [0, 0.05) is 25.9 Å². The maximum absolute atomic E-state index is 13.2. The van der Waals surface area contributed by atoms with Gasteiger partial charge in [-0.1, -0.05) is 61.5 Å². The highest BCUT2D eigenvalue weighted by atomic mass is 16.3. The summed E-state index contributed by atoms with van der Waals surface area (Å²) >= 11 is 0. The number of nitrogens with zero attached hydrogens (tertiary/aromatic N) is 1. The van der Waals surface area contributed by atoms with Gasteiger partial charge in [0.1, 0.15) is 5.54 Å². The van der Waals surface area contributed by atoms with Gasteiger partial charge in [0.25, 0.3) is 0 Å². The SMILES string of the molecule is CCC(O)CNC(=O)C1(N(C)Cc2ccccc2)Cc2ccccc2C1. The Bertz CT molecular complexity index is 720. The molecule has 0 bridgehead atoms. The lowest BCUT2D eigenvalue weighted by atomic mass is 9.91. The second-order valence-corrected chi connectivity index (χ2v) is 7.27. The normalized spacial score (nSPS) is 16.3. The van der Waals surface area contributed by atoms with Gasteiger partial charge < -0.3 is 10.4 Å². The van der Waals surface area contributed by atoms with E-state index in [-0.39, 0.29) is 5.91 Å². The monoisotopic (exact) mass is 352 g/mol. The molecule has 1 atom stereocenters. The first kappa shape index (κ1) is 18.6. The number of hydrogen-bond donors (Lipinski definition) is 2. The van der Waals surface area contributed by atoms with Gasteiger partial charge in [0.05, 0.1) is 6.10 Å². The molecule has 2 aromatic rings. The molecule has 4 heteroatoms. The number of fused-ring (bicyclic) bond motifs is 1. The number of likely N-dealkylation sites (N-methyl/N-ethyl adjacent to an activating group) is 1. The summed E-state index contributed by atoms with van der Waals surface area (Å²) in [7, 11) is 2.02. The van der Waals surface area contributed by atoms with Crippen molar-refractivity contribution in [3.63, 3.8) is 0 Å². The van der Waals surface area contributed by atoms with Crippen molar-refractivity contribution in [2.24, 2.45) is 0 Å². The summed E-state index contributed by atoms with van der Waals surface area (Å²) in [6.45, 7) is 2.92. The Kier molecular flexibility index (Phi) is 5.74.